The molecule has 0 unspecified atom stereocenters. The molecule has 1 aliphatic heterocycles. The largest absolute Gasteiger partial charge is 0.474 e. The lowest BCUT2D eigenvalue weighted by atomic mass is 9.76. The van der Waals surface area contributed by atoms with Crippen LogP contribution in [0.3, 0.4) is 0 Å². The summed E-state index contributed by atoms with van der Waals surface area (Å²) in [4.78, 5) is 22.8. The molecule has 4 heterocycles. The van der Waals surface area contributed by atoms with Gasteiger partial charge in [-0.25, -0.2) is 4.98 Å². The molecule has 0 saturated heterocycles. The number of hydrogen-bond donors (Lipinski definition) is 1. The molecule has 1 amide bonds. The summed E-state index contributed by atoms with van der Waals surface area (Å²) in [6.07, 6.45) is 7.49. The van der Waals surface area contributed by atoms with Crippen molar-refractivity contribution in [2.24, 2.45) is 5.92 Å². The Morgan fingerprint density at radius 1 is 1.16 bits per heavy atom. The summed E-state index contributed by atoms with van der Waals surface area (Å²) >= 11 is 0. The minimum absolute atomic E-state index is 0.0404. The maximum atomic E-state index is 12.0. The van der Waals surface area contributed by atoms with Crippen LogP contribution in [0, 0.1) is 5.92 Å². The molecule has 1 aromatic carbocycles. The number of hydrogen-bond acceptors (Lipinski definition) is 8. The zero-order valence-electron chi connectivity index (χ0n) is 21.1. The van der Waals surface area contributed by atoms with E-state index in [4.69, 9.17) is 14.2 Å². The maximum absolute atomic E-state index is 12.0. The minimum Gasteiger partial charge on any atom is -0.474 e. The predicted molar refractivity (Wildman–Crippen MR) is 137 cm³/mol. The fraction of sp³-hybridized carbons (Fsp3) is 0.370. The molecule has 1 saturated carbocycles. The SMILES string of the molecule is CN(C)C(=O)Cn1cc(-c2nc([C@@](C)(c3ccc(-c4cnc5c(c4)NCCO5)cc3)C3CC3)no2)cn1. The average Bonchev–Trinajstić information content (AvgIpc) is 3.48. The van der Waals surface area contributed by atoms with E-state index in [9.17, 15) is 4.79 Å². The van der Waals surface area contributed by atoms with E-state index in [0.717, 1.165) is 41.8 Å². The van der Waals surface area contributed by atoms with E-state index in [1.54, 1.807) is 31.2 Å². The molecular formula is C27H29N7O3. The molecule has 2 aliphatic rings. The van der Waals surface area contributed by atoms with E-state index in [-0.39, 0.29) is 17.9 Å². The summed E-state index contributed by atoms with van der Waals surface area (Å²) in [7, 11) is 3.44. The maximum Gasteiger partial charge on any atom is 0.261 e. The highest BCUT2D eigenvalue weighted by molar-refractivity contribution is 5.75. The number of likely N-dealkylation sites (N-methyl/N-ethyl adjacent to an activating group) is 1. The van der Waals surface area contributed by atoms with E-state index in [1.807, 2.05) is 6.20 Å². The second kappa shape index (κ2) is 9.02. The lowest BCUT2D eigenvalue weighted by Crippen LogP contribution is -2.28. The van der Waals surface area contributed by atoms with Crippen molar-refractivity contribution < 1.29 is 14.1 Å². The number of aromatic nitrogens is 5. The molecule has 1 atom stereocenters. The lowest BCUT2D eigenvalue weighted by molar-refractivity contribution is -0.129. The molecular weight excluding hydrogens is 470 g/mol. The van der Waals surface area contributed by atoms with Gasteiger partial charge in [-0.05, 0) is 42.9 Å². The highest BCUT2D eigenvalue weighted by Gasteiger charge is 2.47. The van der Waals surface area contributed by atoms with E-state index >= 15 is 0 Å². The molecule has 1 fully saturated rings. The van der Waals surface area contributed by atoms with Crippen molar-refractivity contribution in [2.45, 2.75) is 31.7 Å². The van der Waals surface area contributed by atoms with Crippen molar-refractivity contribution in [1.29, 1.82) is 0 Å². The number of carbonyl (C=O) groups excluding carboxylic acids is 1. The van der Waals surface area contributed by atoms with E-state index in [2.05, 4.69) is 57.8 Å². The summed E-state index contributed by atoms with van der Waals surface area (Å²) < 4.78 is 12.9. The van der Waals surface area contributed by atoms with Crippen LogP contribution >= 0.6 is 0 Å². The first-order valence-corrected chi connectivity index (χ1v) is 12.5. The van der Waals surface area contributed by atoms with Crippen molar-refractivity contribution in [2.75, 3.05) is 32.6 Å². The molecule has 3 aromatic heterocycles. The Bertz CT molecular complexity index is 1440. The zero-order chi connectivity index (χ0) is 25.6. The van der Waals surface area contributed by atoms with Crippen LogP contribution in [0.1, 0.15) is 31.2 Å². The quantitative estimate of drug-likeness (QED) is 0.411. The average molecular weight is 500 g/mol. The van der Waals surface area contributed by atoms with Crippen LogP contribution in [0.25, 0.3) is 22.6 Å². The number of nitrogens with one attached hydrogen (secondary N) is 1. The standard InChI is InChI=1S/C27H29N7O3/c1-27(21-8-9-21,26-31-24(37-32-26)19-14-30-34(15-19)16-23(35)33(2)3)20-6-4-17(5-7-20)18-12-22-25(29-13-18)36-11-10-28-22/h4-7,12-15,21,28H,8-11,16H2,1-3H3/t27-/m0/s1. The monoisotopic (exact) mass is 499 g/mol. The number of nitrogens with zero attached hydrogens (tertiary/aromatic N) is 6. The van der Waals surface area contributed by atoms with Gasteiger partial charge in [-0.1, -0.05) is 29.4 Å². The van der Waals surface area contributed by atoms with E-state index in [0.29, 0.717) is 35.7 Å². The highest BCUT2D eigenvalue weighted by atomic mass is 16.5. The van der Waals surface area contributed by atoms with Gasteiger partial charge in [-0.15, -0.1) is 0 Å². The van der Waals surface area contributed by atoms with Crippen molar-refractivity contribution >= 4 is 11.6 Å². The van der Waals surface area contributed by atoms with Gasteiger partial charge in [-0.3, -0.25) is 9.48 Å². The van der Waals surface area contributed by atoms with Crippen molar-refractivity contribution in [3.05, 3.63) is 60.3 Å². The fourth-order valence-corrected chi connectivity index (χ4v) is 4.79. The number of pyridine rings is 1. The minimum atomic E-state index is -0.374. The topological polar surface area (TPSA) is 111 Å². The van der Waals surface area contributed by atoms with Crippen LogP contribution in [0.5, 0.6) is 5.88 Å². The summed E-state index contributed by atoms with van der Waals surface area (Å²) in [5.74, 6) is 2.11. The first-order valence-electron chi connectivity index (χ1n) is 12.5. The van der Waals surface area contributed by atoms with Crippen molar-refractivity contribution in [3.8, 4) is 28.5 Å². The van der Waals surface area contributed by atoms with Gasteiger partial charge in [-0.2, -0.15) is 10.1 Å². The van der Waals surface area contributed by atoms with Crippen LogP contribution in [0.4, 0.5) is 5.69 Å². The molecule has 4 aromatic rings. The van der Waals surface area contributed by atoms with Gasteiger partial charge in [0.15, 0.2) is 5.82 Å². The molecule has 6 rings (SSSR count). The Balaban J connectivity index is 1.26. The van der Waals surface area contributed by atoms with Gasteiger partial charge < -0.3 is 19.5 Å². The highest BCUT2D eigenvalue weighted by Crippen LogP contribution is 2.50. The Labute approximate surface area is 214 Å². The summed E-state index contributed by atoms with van der Waals surface area (Å²) in [5, 5.41) is 12.0. The number of rotatable bonds is 7. The number of anilines is 1. The smallest absolute Gasteiger partial charge is 0.261 e. The fourth-order valence-electron chi connectivity index (χ4n) is 4.79. The Morgan fingerprint density at radius 3 is 2.73 bits per heavy atom. The second-order valence-corrected chi connectivity index (χ2v) is 10.0. The zero-order valence-corrected chi connectivity index (χ0v) is 21.1. The van der Waals surface area contributed by atoms with E-state index < -0.39 is 0 Å². The molecule has 0 bridgehead atoms. The Kier molecular flexibility index (Phi) is 5.66. The number of fused-ring (bicyclic) bond motifs is 1. The van der Waals surface area contributed by atoms with Crippen LogP contribution in [-0.4, -0.2) is 63.0 Å². The number of benzene rings is 1. The van der Waals surface area contributed by atoms with Crippen molar-refractivity contribution in [3.63, 3.8) is 0 Å². The third-order valence-electron chi connectivity index (χ3n) is 7.29. The first kappa shape index (κ1) is 23.2. The van der Waals surface area contributed by atoms with E-state index in [1.165, 1.54) is 4.90 Å². The summed E-state index contributed by atoms with van der Waals surface area (Å²) in [6, 6.07) is 10.6. The molecule has 37 heavy (non-hydrogen) atoms. The van der Waals surface area contributed by atoms with Gasteiger partial charge in [0, 0.05) is 38.6 Å². The van der Waals surface area contributed by atoms with Gasteiger partial charge >= 0.3 is 0 Å². The lowest BCUT2D eigenvalue weighted by Gasteiger charge is -2.27. The molecule has 10 heteroatoms. The predicted octanol–water partition coefficient (Wildman–Crippen LogP) is 3.60. The van der Waals surface area contributed by atoms with Gasteiger partial charge in [0.1, 0.15) is 13.2 Å². The summed E-state index contributed by atoms with van der Waals surface area (Å²) in [6.45, 7) is 3.75. The van der Waals surface area contributed by atoms with Crippen LogP contribution < -0.4 is 10.1 Å². The Morgan fingerprint density at radius 2 is 1.97 bits per heavy atom. The third kappa shape index (κ3) is 4.32. The molecule has 1 aliphatic carbocycles. The Hall–Kier alpha value is -4.21. The van der Waals surface area contributed by atoms with Gasteiger partial charge in [0.25, 0.3) is 5.89 Å². The number of carbonyl (C=O) groups is 1. The second-order valence-electron chi connectivity index (χ2n) is 10.0. The van der Waals surface area contributed by atoms with Gasteiger partial charge in [0.05, 0.1) is 22.9 Å². The van der Waals surface area contributed by atoms with Crippen LogP contribution in [0.2, 0.25) is 0 Å². The molecule has 0 spiro atoms. The number of amides is 1. The summed E-state index contributed by atoms with van der Waals surface area (Å²) in [5.41, 5.74) is 4.49. The molecule has 190 valence electrons. The van der Waals surface area contributed by atoms with Crippen molar-refractivity contribution in [1.82, 2.24) is 29.8 Å². The molecule has 1 N–H and O–H groups in total. The number of ether oxygens (including phenoxy) is 1. The van der Waals surface area contributed by atoms with Crippen LogP contribution in [-0.2, 0) is 16.8 Å². The first-order chi connectivity index (χ1) is 17.9. The molecule has 10 nitrogen and oxygen atoms in total. The van der Waals surface area contributed by atoms with Gasteiger partial charge in [0.2, 0.25) is 11.8 Å². The molecule has 0 radical (unpaired) electrons. The van der Waals surface area contributed by atoms with Crippen LogP contribution in [0.15, 0.2) is 53.4 Å². The normalized spacial score (nSPS) is 16.3. The third-order valence-corrected chi connectivity index (χ3v) is 7.29.